The second-order valence-electron chi connectivity index (χ2n) is 10.5. The highest BCUT2D eigenvalue weighted by Crippen LogP contribution is 2.41. The molecule has 0 fully saturated rings. The lowest BCUT2D eigenvalue weighted by atomic mass is 9.94. The van der Waals surface area contributed by atoms with Gasteiger partial charge >= 0.3 is 5.97 Å². The number of ether oxygens (including phenoxy) is 5. The molecule has 1 aliphatic heterocycles. The van der Waals surface area contributed by atoms with Crippen molar-refractivity contribution in [3.8, 4) is 23.0 Å². The van der Waals surface area contributed by atoms with Crippen LogP contribution in [-0.2, 0) is 16.1 Å². The van der Waals surface area contributed by atoms with Gasteiger partial charge in [0.05, 0.1) is 42.7 Å². The first-order valence-corrected chi connectivity index (χ1v) is 16.1. The van der Waals surface area contributed by atoms with Gasteiger partial charge in [0.2, 0.25) is 0 Å². The number of benzene rings is 3. The number of hydrogen-bond acceptors (Lipinski definition) is 9. The number of hydrogen-bond donors (Lipinski definition) is 0. The first-order valence-electron chi connectivity index (χ1n) is 15.2. The van der Waals surface area contributed by atoms with Gasteiger partial charge in [0.15, 0.2) is 27.8 Å². The molecular formula is C36H38N2O7S. The molecule has 1 aliphatic rings. The van der Waals surface area contributed by atoms with Crippen LogP contribution < -0.4 is 33.8 Å². The van der Waals surface area contributed by atoms with Crippen molar-refractivity contribution in [2.24, 2.45) is 4.99 Å². The molecule has 46 heavy (non-hydrogen) atoms. The summed E-state index contributed by atoms with van der Waals surface area (Å²) in [5, 5.41) is 0. The fraction of sp³-hybridized carbons (Fsp3) is 0.306. The summed E-state index contributed by atoms with van der Waals surface area (Å²) in [6.07, 6.45) is 1.80. The summed E-state index contributed by atoms with van der Waals surface area (Å²) in [6, 6.07) is 18.3. The zero-order chi connectivity index (χ0) is 32.8. The van der Waals surface area contributed by atoms with Crippen molar-refractivity contribution >= 4 is 23.4 Å². The first-order chi connectivity index (χ1) is 22.3. The highest BCUT2D eigenvalue weighted by Gasteiger charge is 2.36. The molecule has 5 rings (SSSR count). The van der Waals surface area contributed by atoms with Crippen LogP contribution in [0.3, 0.4) is 0 Å². The van der Waals surface area contributed by atoms with E-state index in [4.69, 9.17) is 28.7 Å². The number of rotatable bonds is 12. The van der Waals surface area contributed by atoms with Crippen LogP contribution in [0, 0.1) is 6.92 Å². The Labute approximate surface area is 272 Å². The summed E-state index contributed by atoms with van der Waals surface area (Å²) in [5.41, 5.74) is 4.01. The van der Waals surface area contributed by atoms with Gasteiger partial charge in [0.1, 0.15) is 12.6 Å². The first kappa shape index (κ1) is 32.6. The van der Waals surface area contributed by atoms with Gasteiger partial charge < -0.3 is 23.7 Å². The zero-order valence-electron chi connectivity index (χ0n) is 26.9. The van der Waals surface area contributed by atoms with Gasteiger partial charge in [-0.15, -0.1) is 0 Å². The lowest BCUT2D eigenvalue weighted by molar-refractivity contribution is -0.139. The predicted octanol–water partition coefficient (Wildman–Crippen LogP) is 5.49. The van der Waals surface area contributed by atoms with Crippen LogP contribution in [-0.4, -0.2) is 37.5 Å². The third-order valence-corrected chi connectivity index (χ3v) is 8.35. The SMILES string of the molecule is CCOC(=O)C1=C(C)N=c2s/c(=C/c3ccc(OCc4cccc(C)c4)c(OCC)c3)c(=O)n2[C@@H]1c1cccc(OC)c1OCC. The molecule has 0 unspecified atom stereocenters. The number of methoxy groups -OCH3 is 1. The minimum atomic E-state index is -0.842. The molecule has 0 aliphatic carbocycles. The Bertz CT molecular complexity index is 1960. The van der Waals surface area contributed by atoms with Crippen molar-refractivity contribution < 1.29 is 28.5 Å². The Morgan fingerprint density at radius 2 is 1.70 bits per heavy atom. The molecule has 1 atom stereocenters. The summed E-state index contributed by atoms with van der Waals surface area (Å²) < 4.78 is 31.1. The number of carbonyl (C=O) groups is 1. The van der Waals surface area contributed by atoms with Gasteiger partial charge in [-0.3, -0.25) is 9.36 Å². The van der Waals surface area contributed by atoms with Crippen LogP contribution >= 0.6 is 11.3 Å². The minimum Gasteiger partial charge on any atom is -0.493 e. The topological polar surface area (TPSA) is 97.6 Å². The quantitative estimate of drug-likeness (QED) is 0.189. The van der Waals surface area contributed by atoms with E-state index in [9.17, 15) is 9.59 Å². The number of nitrogens with zero attached hydrogens (tertiary/aromatic N) is 2. The fourth-order valence-corrected chi connectivity index (χ4v) is 6.46. The fourth-order valence-electron chi connectivity index (χ4n) is 5.41. The molecule has 2 heterocycles. The number of thiazole rings is 1. The molecule has 240 valence electrons. The van der Waals surface area contributed by atoms with Gasteiger partial charge in [-0.25, -0.2) is 9.79 Å². The average molecular weight is 643 g/mol. The third-order valence-electron chi connectivity index (χ3n) is 7.37. The molecule has 0 spiro atoms. The van der Waals surface area contributed by atoms with Gasteiger partial charge in [-0.05, 0) is 70.0 Å². The van der Waals surface area contributed by atoms with E-state index in [0.717, 1.165) is 16.7 Å². The van der Waals surface area contributed by atoms with Crippen molar-refractivity contribution in [2.75, 3.05) is 26.9 Å². The van der Waals surface area contributed by atoms with E-state index in [1.165, 1.54) is 15.9 Å². The van der Waals surface area contributed by atoms with Gasteiger partial charge in [0.25, 0.3) is 5.56 Å². The Kier molecular flexibility index (Phi) is 10.3. The molecule has 10 heteroatoms. The minimum absolute atomic E-state index is 0.177. The molecule has 4 aromatic rings. The normalized spacial score (nSPS) is 14.4. The molecule has 0 bridgehead atoms. The Morgan fingerprint density at radius 3 is 2.41 bits per heavy atom. The summed E-state index contributed by atoms with van der Waals surface area (Å²) in [6.45, 7) is 10.7. The largest absolute Gasteiger partial charge is 0.493 e. The Balaban J connectivity index is 1.61. The van der Waals surface area contributed by atoms with Crippen molar-refractivity contribution in [3.63, 3.8) is 0 Å². The van der Waals surface area contributed by atoms with Crippen LogP contribution in [0.15, 0.2) is 81.7 Å². The predicted molar refractivity (Wildman–Crippen MR) is 178 cm³/mol. The maximum Gasteiger partial charge on any atom is 0.338 e. The molecule has 9 nitrogen and oxygen atoms in total. The highest BCUT2D eigenvalue weighted by molar-refractivity contribution is 7.07. The number of fused-ring (bicyclic) bond motifs is 1. The number of carbonyl (C=O) groups excluding carboxylic acids is 1. The number of para-hydroxylation sites is 1. The number of aryl methyl sites for hydroxylation is 1. The smallest absolute Gasteiger partial charge is 0.338 e. The van der Waals surface area contributed by atoms with Crippen molar-refractivity contribution in [1.82, 2.24) is 4.57 Å². The molecule has 0 saturated carbocycles. The van der Waals surface area contributed by atoms with E-state index in [1.807, 2.05) is 69.3 Å². The zero-order valence-corrected chi connectivity index (χ0v) is 27.7. The molecule has 0 radical (unpaired) electrons. The maximum absolute atomic E-state index is 14.2. The monoisotopic (exact) mass is 642 g/mol. The highest BCUT2D eigenvalue weighted by atomic mass is 32.1. The number of esters is 1. The summed E-state index contributed by atoms with van der Waals surface area (Å²) >= 11 is 1.25. The summed E-state index contributed by atoms with van der Waals surface area (Å²) in [7, 11) is 1.55. The molecule has 0 N–H and O–H groups in total. The summed E-state index contributed by atoms with van der Waals surface area (Å²) in [4.78, 5) is 32.7. The van der Waals surface area contributed by atoms with Crippen molar-refractivity contribution in [1.29, 1.82) is 0 Å². The molecule has 3 aromatic carbocycles. The van der Waals surface area contributed by atoms with E-state index in [-0.39, 0.29) is 17.7 Å². The number of allylic oxidation sites excluding steroid dienone is 1. The summed E-state index contributed by atoms with van der Waals surface area (Å²) in [5.74, 6) is 1.58. The van der Waals surface area contributed by atoms with Gasteiger partial charge in [0, 0.05) is 5.56 Å². The lowest BCUT2D eigenvalue weighted by Gasteiger charge is -2.26. The molecule has 0 saturated heterocycles. The van der Waals surface area contributed by atoms with Crippen molar-refractivity contribution in [3.05, 3.63) is 114 Å². The van der Waals surface area contributed by atoms with Gasteiger partial charge in [-0.1, -0.05) is 59.4 Å². The standard InChI is InChI=1S/C36H38N2O7S/c1-7-42-29-19-24(16-17-27(29)45-21-25-13-10-12-22(4)18-25)20-30-34(39)38-32(26-14-11-15-28(41-6)33(26)43-8-2)31(35(40)44-9-3)23(5)37-36(38)46-30/h10-20,32H,7-9,21H2,1-6H3/b30-20+/t32-/m1/s1. The van der Waals surface area contributed by atoms with Crippen LogP contribution in [0.5, 0.6) is 23.0 Å². The van der Waals surface area contributed by atoms with Crippen LogP contribution in [0.4, 0.5) is 0 Å². The van der Waals surface area contributed by atoms with Crippen LogP contribution in [0.1, 0.15) is 56.0 Å². The van der Waals surface area contributed by atoms with E-state index >= 15 is 0 Å². The average Bonchev–Trinajstić information content (AvgIpc) is 3.34. The van der Waals surface area contributed by atoms with E-state index < -0.39 is 12.0 Å². The Morgan fingerprint density at radius 1 is 0.913 bits per heavy atom. The lowest BCUT2D eigenvalue weighted by Crippen LogP contribution is -2.40. The molecule has 1 aromatic heterocycles. The Hall–Kier alpha value is -4.83. The number of aromatic nitrogens is 1. The second-order valence-corrected chi connectivity index (χ2v) is 11.5. The van der Waals surface area contributed by atoms with E-state index in [1.54, 1.807) is 33.1 Å². The van der Waals surface area contributed by atoms with Gasteiger partial charge in [-0.2, -0.15) is 0 Å². The van der Waals surface area contributed by atoms with E-state index in [0.29, 0.717) is 63.4 Å². The molecule has 0 amide bonds. The second kappa shape index (κ2) is 14.5. The van der Waals surface area contributed by atoms with Crippen LogP contribution in [0.2, 0.25) is 0 Å². The van der Waals surface area contributed by atoms with E-state index in [2.05, 4.69) is 6.07 Å². The molecular weight excluding hydrogens is 604 g/mol. The van der Waals surface area contributed by atoms with Crippen molar-refractivity contribution in [2.45, 2.75) is 47.3 Å². The van der Waals surface area contributed by atoms with Crippen LogP contribution in [0.25, 0.3) is 6.08 Å². The third kappa shape index (κ3) is 6.72. The maximum atomic E-state index is 14.2.